The molecule has 1 saturated heterocycles. The van der Waals surface area contributed by atoms with E-state index >= 15 is 0 Å². The van der Waals surface area contributed by atoms with Crippen LogP contribution in [0.25, 0.3) is 0 Å². The fourth-order valence-corrected chi connectivity index (χ4v) is 3.31. The van der Waals surface area contributed by atoms with Crippen LogP contribution >= 0.6 is 0 Å². The third kappa shape index (κ3) is 2.19. The van der Waals surface area contributed by atoms with Crippen LogP contribution in [-0.2, 0) is 10.0 Å². The molecule has 0 bridgehead atoms. The van der Waals surface area contributed by atoms with E-state index in [1.54, 1.807) is 7.05 Å². The average Bonchev–Trinajstić information content (AvgIpc) is 2.69. The standard InChI is InChI=1S/C12H21N3O2S/c1-8-9(2)13-10(3)15-7-11(6-12(8)15)14(4)18(5,16)17/h9,11H,6-7H2,1-5H3. The van der Waals surface area contributed by atoms with Crippen molar-refractivity contribution in [3.63, 3.8) is 0 Å². The van der Waals surface area contributed by atoms with Gasteiger partial charge in [-0.25, -0.2) is 8.42 Å². The highest BCUT2D eigenvalue weighted by molar-refractivity contribution is 7.88. The van der Waals surface area contributed by atoms with Gasteiger partial charge >= 0.3 is 0 Å². The van der Waals surface area contributed by atoms with Crippen LogP contribution in [0.5, 0.6) is 0 Å². The van der Waals surface area contributed by atoms with Gasteiger partial charge in [0.25, 0.3) is 0 Å². The molecule has 0 radical (unpaired) electrons. The van der Waals surface area contributed by atoms with E-state index in [0.29, 0.717) is 6.54 Å². The van der Waals surface area contributed by atoms with E-state index in [1.807, 2.05) is 6.92 Å². The molecule has 2 aliphatic heterocycles. The van der Waals surface area contributed by atoms with Gasteiger partial charge in [-0.15, -0.1) is 0 Å². The van der Waals surface area contributed by atoms with Gasteiger partial charge < -0.3 is 4.90 Å². The molecule has 0 N–H and O–H groups in total. The van der Waals surface area contributed by atoms with Crippen molar-refractivity contribution in [2.24, 2.45) is 4.99 Å². The number of hydrogen-bond acceptors (Lipinski definition) is 4. The summed E-state index contributed by atoms with van der Waals surface area (Å²) in [4.78, 5) is 6.73. The summed E-state index contributed by atoms with van der Waals surface area (Å²) in [6, 6.07) is 0.221. The van der Waals surface area contributed by atoms with Crippen LogP contribution in [0, 0.1) is 0 Å². The predicted octanol–water partition coefficient (Wildman–Crippen LogP) is 1.05. The highest BCUT2D eigenvalue weighted by Gasteiger charge is 2.37. The molecule has 102 valence electrons. The molecule has 5 nitrogen and oxygen atoms in total. The minimum atomic E-state index is -3.13. The summed E-state index contributed by atoms with van der Waals surface area (Å²) in [5, 5.41) is 0. The molecule has 2 aliphatic rings. The third-order valence-electron chi connectivity index (χ3n) is 4.04. The maximum absolute atomic E-state index is 11.6. The Hall–Kier alpha value is -0.880. The minimum absolute atomic E-state index is 0.0143. The van der Waals surface area contributed by atoms with Crippen molar-refractivity contribution in [2.75, 3.05) is 19.8 Å². The van der Waals surface area contributed by atoms with Crippen LogP contribution in [0.15, 0.2) is 16.3 Å². The Morgan fingerprint density at radius 2 is 2.00 bits per heavy atom. The average molecular weight is 271 g/mol. The summed E-state index contributed by atoms with van der Waals surface area (Å²) in [5.41, 5.74) is 2.50. The summed E-state index contributed by atoms with van der Waals surface area (Å²) < 4.78 is 24.7. The number of rotatable bonds is 2. The lowest BCUT2D eigenvalue weighted by atomic mass is 10.0. The largest absolute Gasteiger partial charge is 0.332 e. The van der Waals surface area contributed by atoms with Gasteiger partial charge in [-0.3, -0.25) is 4.99 Å². The summed E-state index contributed by atoms with van der Waals surface area (Å²) >= 11 is 0. The Balaban J connectivity index is 2.29. The van der Waals surface area contributed by atoms with Crippen LogP contribution in [0.2, 0.25) is 0 Å². The van der Waals surface area contributed by atoms with Crippen molar-refractivity contribution >= 4 is 15.9 Å². The van der Waals surface area contributed by atoms with Crippen molar-refractivity contribution in [1.82, 2.24) is 9.21 Å². The molecule has 0 aromatic carbocycles. The molecule has 2 unspecified atom stereocenters. The molecule has 0 saturated carbocycles. The van der Waals surface area contributed by atoms with Gasteiger partial charge in [0.2, 0.25) is 10.0 Å². The summed E-state index contributed by atoms with van der Waals surface area (Å²) in [6.07, 6.45) is 2.04. The Kier molecular flexibility index (Phi) is 3.27. The second-order valence-corrected chi connectivity index (χ2v) is 7.27. The summed E-state index contributed by atoms with van der Waals surface area (Å²) in [7, 11) is -1.48. The SMILES string of the molecule is CC1=NC(C)C(C)=C2CC(N(C)S(C)(=O)=O)CN12. The Labute approximate surface area is 109 Å². The van der Waals surface area contributed by atoms with E-state index < -0.39 is 10.0 Å². The Bertz CT molecular complexity index is 521. The highest BCUT2D eigenvalue weighted by Crippen LogP contribution is 2.33. The molecule has 0 aliphatic carbocycles. The van der Waals surface area contributed by atoms with Gasteiger partial charge in [0.15, 0.2) is 0 Å². The van der Waals surface area contributed by atoms with Gasteiger partial charge in [-0.05, 0) is 26.3 Å². The zero-order valence-corrected chi connectivity index (χ0v) is 12.5. The van der Waals surface area contributed by atoms with Gasteiger partial charge in [0, 0.05) is 31.8 Å². The molecular weight excluding hydrogens is 250 g/mol. The zero-order chi connectivity index (χ0) is 13.7. The lowest BCUT2D eigenvalue weighted by Gasteiger charge is -2.29. The van der Waals surface area contributed by atoms with Gasteiger partial charge in [-0.2, -0.15) is 4.31 Å². The van der Waals surface area contributed by atoms with Crippen molar-refractivity contribution in [1.29, 1.82) is 0 Å². The summed E-state index contributed by atoms with van der Waals surface area (Å²) in [5.74, 6) is 0.993. The Morgan fingerprint density at radius 1 is 1.39 bits per heavy atom. The molecule has 0 aromatic rings. The maximum Gasteiger partial charge on any atom is 0.211 e. The van der Waals surface area contributed by atoms with E-state index in [0.717, 1.165) is 12.3 Å². The summed E-state index contributed by atoms with van der Waals surface area (Å²) in [6.45, 7) is 6.87. The molecule has 0 spiro atoms. The first-order valence-corrected chi connectivity index (χ1v) is 8.01. The number of nitrogens with zero attached hydrogens (tertiary/aromatic N) is 3. The van der Waals surface area contributed by atoms with Crippen molar-refractivity contribution < 1.29 is 8.42 Å². The van der Waals surface area contributed by atoms with E-state index in [1.165, 1.54) is 21.8 Å². The van der Waals surface area contributed by atoms with Crippen LogP contribution in [-0.4, -0.2) is 55.4 Å². The Morgan fingerprint density at radius 3 is 2.56 bits per heavy atom. The normalized spacial score (nSPS) is 28.8. The zero-order valence-electron chi connectivity index (χ0n) is 11.6. The van der Waals surface area contributed by atoms with Crippen LogP contribution < -0.4 is 0 Å². The van der Waals surface area contributed by atoms with Gasteiger partial charge in [0.1, 0.15) is 5.84 Å². The number of sulfonamides is 1. The predicted molar refractivity (Wildman–Crippen MR) is 73.0 cm³/mol. The van der Waals surface area contributed by atoms with Crippen molar-refractivity contribution in [2.45, 2.75) is 39.3 Å². The first kappa shape index (κ1) is 13.5. The monoisotopic (exact) mass is 271 g/mol. The molecule has 6 heteroatoms. The fraction of sp³-hybridized carbons (Fsp3) is 0.750. The molecule has 1 fully saturated rings. The number of fused-ring (bicyclic) bond motifs is 1. The van der Waals surface area contributed by atoms with Crippen molar-refractivity contribution in [3.05, 3.63) is 11.3 Å². The molecule has 2 rings (SSSR count). The van der Waals surface area contributed by atoms with Crippen molar-refractivity contribution in [3.8, 4) is 0 Å². The molecule has 0 amide bonds. The van der Waals surface area contributed by atoms with E-state index in [-0.39, 0.29) is 12.1 Å². The molecule has 2 heterocycles. The number of hydrogen-bond donors (Lipinski definition) is 0. The molecule has 0 aromatic heterocycles. The van der Waals surface area contributed by atoms with Crippen LogP contribution in [0.1, 0.15) is 27.2 Å². The number of amidine groups is 1. The van der Waals surface area contributed by atoms with Crippen LogP contribution in [0.3, 0.4) is 0 Å². The molecular formula is C12H21N3O2S. The van der Waals surface area contributed by atoms with Gasteiger partial charge in [0.05, 0.1) is 12.3 Å². The quantitative estimate of drug-likeness (QED) is 0.754. The first-order chi connectivity index (χ1) is 8.21. The van der Waals surface area contributed by atoms with Crippen LogP contribution in [0.4, 0.5) is 0 Å². The fourth-order valence-electron chi connectivity index (χ4n) is 2.62. The highest BCUT2D eigenvalue weighted by atomic mass is 32.2. The number of aliphatic imine (C=N–C) groups is 1. The topological polar surface area (TPSA) is 53.0 Å². The second-order valence-electron chi connectivity index (χ2n) is 5.23. The third-order valence-corrected chi connectivity index (χ3v) is 5.38. The van der Waals surface area contributed by atoms with E-state index in [4.69, 9.17) is 0 Å². The van der Waals surface area contributed by atoms with E-state index in [9.17, 15) is 8.42 Å². The number of likely N-dealkylation sites (N-methyl/N-ethyl adjacent to an activating group) is 1. The lowest BCUT2D eigenvalue weighted by Crippen LogP contribution is -2.39. The first-order valence-electron chi connectivity index (χ1n) is 6.16. The molecule has 18 heavy (non-hydrogen) atoms. The second kappa shape index (κ2) is 4.35. The smallest absolute Gasteiger partial charge is 0.211 e. The van der Waals surface area contributed by atoms with E-state index in [2.05, 4.69) is 23.7 Å². The molecule has 2 atom stereocenters. The lowest BCUT2D eigenvalue weighted by molar-refractivity contribution is 0.372. The minimum Gasteiger partial charge on any atom is -0.332 e. The van der Waals surface area contributed by atoms with Gasteiger partial charge in [-0.1, -0.05) is 0 Å². The maximum atomic E-state index is 11.6.